The van der Waals surface area contributed by atoms with Crippen molar-refractivity contribution >= 4 is 22.6 Å². The first-order valence-electron chi connectivity index (χ1n) is 5.71. The fraction of sp³-hybridized carbons (Fsp3) is 0.500. The molecule has 0 saturated carbocycles. The molecule has 0 bridgehead atoms. The van der Waals surface area contributed by atoms with Crippen LogP contribution in [0.15, 0.2) is 24.3 Å². The van der Waals surface area contributed by atoms with Crippen molar-refractivity contribution in [2.75, 3.05) is 4.43 Å². The lowest BCUT2D eigenvalue weighted by Gasteiger charge is -2.39. The molecule has 7 heteroatoms. The summed E-state index contributed by atoms with van der Waals surface area (Å²) in [6, 6.07) is 5.69. The van der Waals surface area contributed by atoms with Gasteiger partial charge in [0.15, 0.2) is 11.6 Å². The number of ether oxygens (including phenoxy) is 2. The lowest BCUT2D eigenvalue weighted by molar-refractivity contribution is -0.266. The third kappa shape index (κ3) is 3.16. The summed E-state index contributed by atoms with van der Waals surface area (Å²) in [7, 11) is 0. The van der Waals surface area contributed by atoms with Crippen LogP contribution in [0.2, 0.25) is 0 Å². The summed E-state index contributed by atoms with van der Waals surface area (Å²) in [6.45, 7) is 0. The molecule has 0 amide bonds. The molecule has 2 rings (SSSR count). The standard InChI is InChI=1S/C12H14FIO5/c13-6-3-1-2-4-7(6)18-12-11(17)10(16)9(15)8(5-14)19-12/h1-4,8-12,15-17H,5H2/t8-,9+,10+,11+,12+/m0/s1. The van der Waals surface area contributed by atoms with E-state index < -0.39 is 36.5 Å². The van der Waals surface area contributed by atoms with Crippen LogP contribution in [0.25, 0.3) is 0 Å². The Hall–Kier alpha value is -0.480. The average molecular weight is 384 g/mol. The molecule has 0 unspecified atom stereocenters. The molecular weight excluding hydrogens is 370 g/mol. The van der Waals surface area contributed by atoms with E-state index in [1.165, 1.54) is 18.2 Å². The minimum Gasteiger partial charge on any atom is -0.459 e. The Kier molecular flexibility index (Phi) is 4.96. The number of aliphatic hydroxyl groups is 3. The van der Waals surface area contributed by atoms with Gasteiger partial charge in [-0.1, -0.05) is 34.7 Å². The van der Waals surface area contributed by atoms with Crippen LogP contribution >= 0.6 is 22.6 Å². The molecule has 1 aliphatic heterocycles. The third-order valence-corrected chi connectivity index (χ3v) is 3.77. The third-order valence-electron chi connectivity index (χ3n) is 2.90. The van der Waals surface area contributed by atoms with E-state index in [0.29, 0.717) is 4.43 Å². The second-order valence-electron chi connectivity index (χ2n) is 4.22. The molecule has 3 N–H and O–H groups in total. The molecule has 5 atom stereocenters. The van der Waals surface area contributed by atoms with Gasteiger partial charge < -0.3 is 24.8 Å². The quantitative estimate of drug-likeness (QED) is 0.521. The number of benzene rings is 1. The van der Waals surface area contributed by atoms with Gasteiger partial charge in [-0.2, -0.15) is 0 Å². The van der Waals surface area contributed by atoms with E-state index in [1.807, 2.05) is 22.6 Å². The zero-order valence-electron chi connectivity index (χ0n) is 9.82. The maximum Gasteiger partial charge on any atom is 0.229 e. The number of rotatable bonds is 3. The molecule has 1 saturated heterocycles. The summed E-state index contributed by atoms with van der Waals surface area (Å²) in [5.41, 5.74) is 0. The number of hydrogen-bond donors (Lipinski definition) is 3. The highest BCUT2D eigenvalue weighted by molar-refractivity contribution is 14.1. The Labute approximate surface area is 123 Å². The second-order valence-corrected chi connectivity index (χ2v) is 5.10. The maximum atomic E-state index is 13.4. The van der Waals surface area contributed by atoms with Crippen molar-refractivity contribution in [3.63, 3.8) is 0 Å². The van der Waals surface area contributed by atoms with E-state index >= 15 is 0 Å². The summed E-state index contributed by atoms with van der Waals surface area (Å²) in [5, 5.41) is 29.2. The SMILES string of the molecule is O[C@H]1[C@@H](O)[C@H](Oc2ccccc2F)O[C@@H](CI)[C@H]1O. The largest absolute Gasteiger partial charge is 0.459 e. The predicted octanol–water partition coefficient (Wildman–Crippen LogP) is 0.447. The van der Waals surface area contributed by atoms with Crippen molar-refractivity contribution in [1.82, 2.24) is 0 Å². The highest BCUT2D eigenvalue weighted by Gasteiger charge is 2.44. The van der Waals surface area contributed by atoms with E-state index in [-0.39, 0.29) is 5.75 Å². The highest BCUT2D eigenvalue weighted by Crippen LogP contribution is 2.26. The summed E-state index contributed by atoms with van der Waals surface area (Å²) in [6.07, 6.45) is -5.96. The Morgan fingerprint density at radius 3 is 2.47 bits per heavy atom. The Morgan fingerprint density at radius 1 is 1.16 bits per heavy atom. The first-order valence-corrected chi connectivity index (χ1v) is 7.24. The van der Waals surface area contributed by atoms with Gasteiger partial charge in [-0.05, 0) is 12.1 Å². The summed E-state index contributed by atoms with van der Waals surface area (Å²) < 4.78 is 24.4. The zero-order valence-corrected chi connectivity index (χ0v) is 12.0. The van der Waals surface area contributed by atoms with Crippen LogP contribution in [0.4, 0.5) is 4.39 Å². The monoisotopic (exact) mass is 384 g/mol. The molecule has 106 valence electrons. The second kappa shape index (κ2) is 6.31. The molecule has 1 fully saturated rings. The lowest BCUT2D eigenvalue weighted by Crippen LogP contribution is -2.59. The molecule has 0 aliphatic carbocycles. The van der Waals surface area contributed by atoms with E-state index in [9.17, 15) is 19.7 Å². The van der Waals surface area contributed by atoms with Crippen LogP contribution in [-0.4, -0.2) is 50.5 Å². The average Bonchev–Trinajstić information content (AvgIpc) is 2.41. The number of halogens is 2. The van der Waals surface area contributed by atoms with Crippen LogP contribution < -0.4 is 4.74 Å². The summed E-state index contributed by atoms with van der Waals surface area (Å²) in [5.74, 6) is -0.674. The molecule has 1 aliphatic rings. The van der Waals surface area contributed by atoms with Crippen molar-refractivity contribution in [2.45, 2.75) is 30.7 Å². The fourth-order valence-electron chi connectivity index (χ4n) is 1.81. The van der Waals surface area contributed by atoms with Crippen LogP contribution in [0.1, 0.15) is 0 Å². The van der Waals surface area contributed by atoms with E-state index in [4.69, 9.17) is 9.47 Å². The molecule has 1 aromatic carbocycles. The fourth-order valence-corrected chi connectivity index (χ4v) is 2.54. The van der Waals surface area contributed by atoms with Gasteiger partial charge in [0.1, 0.15) is 18.3 Å². The normalized spacial score (nSPS) is 35.1. The van der Waals surface area contributed by atoms with Crippen molar-refractivity contribution in [3.8, 4) is 5.75 Å². The van der Waals surface area contributed by atoms with Gasteiger partial charge in [0.2, 0.25) is 6.29 Å². The molecule has 0 radical (unpaired) electrons. The van der Waals surface area contributed by atoms with Crippen molar-refractivity contribution in [2.24, 2.45) is 0 Å². The molecule has 5 nitrogen and oxygen atoms in total. The number of alkyl halides is 1. The maximum absolute atomic E-state index is 13.4. The Morgan fingerprint density at radius 2 is 1.84 bits per heavy atom. The summed E-state index contributed by atoms with van der Waals surface area (Å²) >= 11 is 1.98. The van der Waals surface area contributed by atoms with Crippen LogP contribution in [-0.2, 0) is 4.74 Å². The minimum atomic E-state index is -1.45. The van der Waals surface area contributed by atoms with Gasteiger partial charge in [0, 0.05) is 4.43 Å². The highest BCUT2D eigenvalue weighted by atomic mass is 127. The molecule has 0 spiro atoms. The number of hydrogen-bond acceptors (Lipinski definition) is 5. The van der Waals surface area contributed by atoms with Crippen LogP contribution in [0.3, 0.4) is 0 Å². The molecule has 19 heavy (non-hydrogen) atoms. The van der Waals surface area contributed by atoms with Crippen molar-refractivity contribution in [1.29, 1.82) is 0 Å². The summed E-state index contributed by atoms with van der Waals surface area (Å²) in [4.78, 5) is 0. The Bertz CT molecular complexity index is 430. The van der Waals surface area contributed by atoms with Gasteiger partial charge in [-0.25, -0.2) is 4.39 Å². The van der Waals surface area contributed by atoms with Crippen LogP contribution in [0, 0.1) is 5.82 Å². The number of para-hydroxylation sites is 1. The van der Waals surface area contributed by atoms with Crippen molar-refractivity contribution < 1.29 is 29.2 Å². The topological polar surface area (TPSA) is 79.2 Å². The van der Waals surface area contributed by atoms with E-state index in [2.05, 4.69) is 0 Å². The van der Waals surface area contributed by atoms with Gasteiger partial charge in [0.25, 0.3) is 0 Å². The first-order chi connectivity index (χ1) is 9.04. The van der Waals surface area contributed by atoms with E-state index in [1.54, 1.807) is 6.07 Å². The van der Waals surface area contributed by atoms with Crippen molar-refractivity contribution in [3.05, 3.63) is 30.1 Å². The van der Waals surface area contributed by atoms with E-state index in [0.717, 1.165) is 0 Å². The van der Waals surface area contributed by atoms with Gasteiger partial charge >= 0.3 is 0 Å². The Balaban J connectivity index is 2.13. The molecule has 0 aromatic heterocycles. The molecule has 1 heterocycles. The smallest absolute Gasteiger partial charge is 0.229 e. The number of aliphatic hydroxyl groups excluding tert-OH is 3. The first kappa shape index (κ1) is 14.9. The van der Waals surface area contributed by atoms with Gasteiger partial charge in [-0.15, -0.1) is 0 Å². The zero-order chi connectivity index (χ0) is 14.0. The molecule has 1 aromatic rings. The predicted molar refractivity (Wildman–Crippen MR) is 72.6 cm³/mol. The lowest BCUT2D eigenvalue weighted by atomic mass is 10.00. The van der Waals surface area contributed by atoms with Gasteiger partial charge in [0.05, 0.1) is 6.10 Å². The van der Waals surface area contributed by atoms with Crippen LogP contribution in [0.5, 0.6) is 5.75 Å². The minimum absolute atomic E-state index is 0.0812. The van der Waals surface area contributed by atoms with Gasteiger partial charge in [-0.3, -0.25) is 0 Å². The molecular formula is C12H14FIO5.